The molecule has 0 saturated carbocycles. The van der Waals surface area contributed by atoms with Crippen LogP contribution in [0.5, 0.6) is 0 Å². The van der Waals surface area contributed by atoms with Crippen LogP contribution >= 0.6 is 15.9 Å². The van der Waals surface area contributed by atoms with Gasteiger partial charge in [-0.15, -0.1) is 0 Å². The molecule has 0 aliphatic heterocycles. The molecule has 0 heterocycles. The molecule has 0 aliphatic carbocycles. The van der Waals surface area contributed by atoms with Crippen molar-refractivity contribution < 1.29 is 19.1 Å². The first-order valence-electron chi connectivity index (χ1n) is 6.03. The average Bonchev–Trinajstić information content (AvgIpc) is 2.48. The van der Waals surface area contributed by atoms with Gasteiger partial charge in [0, 0.05) is 5.69 Å². The number of nitrogens with zero attached hydrogens (tertiary/aromatic N) is 1. The predicted octanol–water partition coefficient (Wildman–Crippen LogP) is 3.32. The van der Waals surface area contributed by atoms with Gasteiger partial charge in [-0.25, -0.2) is 4.39 Å². The molecule has 4 nitrogen and oxygen atoms in total. The Morgan fingerprint density at radius 3 is 2.38 bits per heavy atom. The molecule has 0 unspecified atom stereocenters. The lowest BCUT2D eigenvalue weighted by Gasteiger charge is -2.21. The number of carboxylic acid groups (broad SMARTS) is 1. The summed E-state index contributed by atoms with van der Waals surface area (Å²) in [5, 5.41) is 8.99. The van der Waals surface area contributed by atoms with Crippen LogP contribution in [0.15, 0.2) is 53.0 Å². The normalized spacial score (nSPS) is 10.2. The second-order valence-corrected chi connectivity index (χ2v) is 5.01. The minimum Gasteiger partial charge on any atom is -0.480 e. The van der Waals surface area contributed by atoms with Gasteiger partial charge in [-0.05, 0) is 40.2 Å². The number of anilines is 1. The third-order valence-corrected chi connectivity index (χ3v) is 3.59. The first-order valence-corrected chi connectivity index (χ1v) is 6.82. The Hall–Kier alpha value is -2.21. The third-order valence-electron chi connectivity index (χ3n) is 2.79. The number of para-hydroxylation sites is 1. The van der Waals surface area contributed by atoms with Gasteiger partial charge in [-0.2, -0.15) is 0 Å². The number of carboxylic acids is 1. The maximum Gasteiger partial charge on any atom is 0.323 e. The van der Waals surface area contributed by atoms with Gasteiger partial charge < -0.3 is 5.11 Å². The second-order valence-electron chi connectivity index (χ2n) is 4.22. The van der Waals surface area contributed by atoms with Gasteiger partial charge in [0.1, 0.15) is 12.4 Å². The fraction of sp³-hybridized carbons (Fsp3) is 0.0667. The fourth-order valence-corrected chi connectivity index (χ4v) is 2.27. The molecule has 0 spiro atoms. The molecule has 1 N–H and O–H groups in total. The number of amides is 1. The van der Waals surface area contributed by atoms with E-state index in [4.69, 9.17) is 5.11 Å². The van der Waals surface area contributed by atoms with E-state index in [0.29, 0.717) is 5.69 Å². The summed E-state index contributed by atoms with van der Waals surface area (Å²) in [6.07, 6.45) is 0. The minimum atomic E-state index is -1.15. The monoisotopic (exact) mass is 351 g/mol. The maximum absolute atomic E-state index is 13.5. The number of aliphatic carboxylic acids is 1. The van der Waals surface area contributed by atoms with Crippen LogP contribution in [-0.2, 0) is 4.79 Å². The smallest absolute Gasteiger partial charge is 0.323 e. The molecule has 2 aromatic carbocycles. The summed E-state index contributed by atoms with van der Waals surface area (Å²) in [4.78, 5) is 24.6. The van der Waals surface area contributed by atoms with E-state index in [0.717, 1.165) is 4.90 Å². The van der Waals surface area contributed by atoms with Crippen molar-refractivity contribution in [2.75, 3.05) is 11.4 Å². The lowest BCUT2D eigenvalue weighted by molar-refractivity contribution is -0.135. The van der Waals surface area contributed by atoms with E-state index in [1.54, 1.807) is 30.3 Å². The van der Waals surface area contributed by atoms with Crippen molar-refractivity contribution in [3.63, 3.8) is 0 Å². The summed E-state index contributed by atoms with van der Waals surface area (Å²) >= 11 is 3.02. The first-order chi connectivity index (χ1) is 10.0. The van der Waals surface area contributed by atoms with E-state index in [-0.39, 0.29) is 10.0 Å². The van der Waals surface area contributed by atoms with Crippen molar-refractivity contribution in [1.82, 2.24) is 0 Å². The summed E-state index contributed by atoms with van der Waals surface area (Å²) in [5.41, 5.74) is 0.501. The van der Waals surface area contributed by atoms with Crippen LogP contribution in [-0.4, -0.2) is 23.5 Å². The Morgan fingerprint density at radius 1 is 1.10 bits per heavy atom. The fourth-order valence-electron chi connectivity index (χ4n) is 1.84. The van der Waals surface area contributed by atoms with Gasteiger partial charge in [0.05, 0.1) is 10.0 Å². The van der Waals surface area contributed by atoms with Crippen LogP contribution in [0.4, 0.5) is 10.1 Å². The molecule has 0 saturated heterocycles. The Balaban J connectivity index is 2.44. The SMILES string of the molecule is O=C(O)CN(C(=O)c1cccc(F)c1Br)c1ccccc1. The van der Waals surface area contributed by atoms with Crippen molar-refractivity contribution in [1.29, 1.82) is 0 Å². The Bertz CT molecular complexity index is 676. The second kappa shape index (κ2) is 6.49. The predicted molar refractivity (Wildman–Crippen MR) is 79.9 cm³/mol. The average molecular weight is 352 g/mol. The summed E-state index contributed by atoms with van der Waals surface area (Å²) in [6.45, 7) is -0.508. The molecule has 21 heavy (non-hydrogen) atoms. The molecule has 0 radical (unpaired) electrons. The number of halogens is 2. The van der Waals surface area contributed by atoms with Crippen LogP contribution in [0.3, 0.4) is 0 Å². The topological polar surface area (TPSA) is 57.6 Å². The van der Waals surface area contributed by atoms with Gasteiger partial charge >= 0.3 is 5.97 Å². The number of hydrogen-bond donors (Lipinski definition) is 1. The van der Waals surface area contributed by atoms with Crippen molar-refractivity contribution in [2.24, 2.45) is 0 Å². The Kier molecular flexibility index (Phi) is 4.70. The highest BCUT2D eigenvalue weighted by Gasteiger charge is 2.23. The molecule has 2 rings (SSSR count). The van der Waals surface area contributed by atoms with E-state index in [1.807, 2.05) is 0 Å². The van der Waals surface area contributed by atoms with E-state index in [1.165, 1.54) is 18.2 Å². The van der Waals surface area contributed by atoms with Crippen LogP contribution in [0.1, 0.15) is 10.4 Å². The van der Waals surface area contributed by atoms with Gasteiger partial charge in [0.25, 0.3) is 5.91 Å². The zero-order valence-corrected chi connectivity index (χ0v) is 12.4. The number of hydrogen-bond acceptors (Lipinski definition) is 2. The molecule has 6 heteroatoms. The van der Waals surface area contributed by atoms with Crippen molar-refractivity contribution in [3.05, 3.63) is 64.4 Å². The van der Waals surface area contributed by atoms with Crippen molar-refractivity contribution in [2.45, 2.75) is 0 Å². The molecular formula is C15H11BrFNO3. The van der Waals surface area contributed by atoms with Gasteiger partial charge in [-0.1, -0.05) is 24.3 Å². The lowest BCUT2D eigenvalue weighted by Crippen LogP contribution is -2.36. The maximum atomic E-state index is 13.5. The standard InChI is InChI=1S/C15H11BrFNO3/c16-14-11(7-4-8-12(14)17)15(21)18(9-13(19)20)10-5-2-1-3-6-10/h1-8H,9H2,(H,19,20). The first kappa shape index (κ1) is 15.2. The minimum absolute atomic E-state index is 0.0151. The number of carbonyl (C=O) groups excluding carboxylic acids is 1. The largest absolute Gasteiger partial charge is 0.480 e. The van der Waals surface area contributed by atoms with Gasteiger partial charge in [-0.3, -0.25) is 14.5 Å². The molecule has 1 amide bonds. The summed E-state index contributed by atoms with van der Waals surface area (Å²) in [7, 11) is 0. The van der Waals surface area contributed by atoms with Crippen LogP contribution in [0, 0.1) is 5.82 Å². The van der Waals surface area contributed by atoms with E-state index in [9.17, 15) is 14.0 Å². The zero-order chi connectivity index (χ0) is 15.4. The Labute approximate surface area is 128 Å². The molecule has 0 bridgehead atoms. The van der Waals surface area contributed by atoms with E-state index >= 15 is 0 Å². The highest BCUT2D eigenvalue weighted by Crippen LogP contribution is 2.24. The summed E-state index contributed by atoms with van der Waals surface area (Å²) in [5.74, 6) is -2.32. The number of rotatable bonds is 4. The molecule has 0 aliphatic rings. The van der Waals surface area contributed by atoms with Crippen LogP contribution in [0.25, 0.3) is 0 Å². The van der Waals surface area contributed by atoms with Gasteiger partial charge in [0.2, 0.25) is 0 Å². The zero-order valence-electron chi connectivity index (χ0n) is 10.8. The molecule has 0 fully saturated rings. The highest BCUT2D eigenvalue weighted by atomic mass is 79.9. The molecule has 0 atom stereocenters. The van der Waals surface area contributed by atoms with Crippen LogP contribution < -0.4 is 4.90 Å². The molecule has 2 aromatic rings. The lowest BCUT2D eigenvalue weighted by atomic mass is 10.1. The summed E-state index contributed by atoms with van der Waals surface area (Å²) in [6, 6.07) is 12.4. The van der Waals surface area contributed by atoms with Crippen molar-refractivity contribution >= 4 is 33.5 Å². The molecule has 108 valence electrons. The van der Waals surface area contributed by atoms with Crippen LogP contribution in [0.2, 0.25) is 0 Å². The molecular weight excluding hydrogens is 341 g/mol. The van der Waals surface area contributed by atoms with Crippen molar-refractivity contribution in [3.8, 4) is 0 Å². The summed E-state index contributed by atoms with van der Waals surface area (Å²) < 4.78 is 13.5. The molecule has 0 aromatic heterocycles. The van der Waals surface area contributed by atoms with Gasteiger partial charge in [0.15, 0.2) is 0 Å². The van der Waals surface area contributed by atoms with E-state index in [2.05, 4.69) is 15.9 Å². The highest BCUT2D eigenvalue weighted by molar-refractivity contribution is 9.10. The Morgan fingerprint density at radius 2 is 1.76 bits per heavy atom. The quantitative estimate of drug-likeness (QED) is 0.919. The third kappa shape index (κ3) is 3.46. The van der Waals surface area contributed by atoms with E-state index < -0.39 is 24.2 Å². The number of carbonyl (C=O) groups is 2. The number of benzene rings is 2.